The molecule has 0 fully saturated rings. The molecule has 1 heterocycles. The van der Waals surface area contributed by atoms with Gasteiger partial charge in [-0.1, -0.05) is 49.7 Å². The van der Waals surface area contributed by atoms with Crippen LogP contribution in [-0.2, 0) is 13.6 Å². The average Bonchev–Trinajstić information content (AvgIpc) is 2.66. The zero-order chi connectivity index (χ0) is 13.3. The lowest BCUT2D eigenvalue weighted by Gasteiger charge is -2.07. The molecule has 0 bridgehead atoms. The first-order valence-corrected chi connectivity index (χ1v) is 6.44. The Morgan fingerprint density at radius 3 is 2.33 bits per heavy atom. The fourth-order valence-electron chi connectivity index (χ4n) is 1.94. The van der Waals surface area contributed by atoms with Gasteiger partial charge in [-0.05, 0) is 11.5 Å². The molecule has 0 unspecified atom stereocenters. The summed E-state index contributed by atoms with van der Waals surface area (Å²) in [4.78, 5) is 4.48. The Labute approximate surface area is 113 Å². The molecule has 0 aliphatic heterocycles. The van der Waals surface area contributed by atoms with Crippen LogP contribution in [0.4, 0.5) is 0 Å². The number of rotatable bonds is 3. The van der Waals surface area contributed by atoms with Crippen LogP contribution in [0.3, 0.4) is 0 Å². The van der Waals surface area contributed by atoms with Gasteiger partial charge in [-0.15, -0.1) is 0 Å². The third-order valence-corrected chi connectivity index (χ3v) is 3.59. The van der Waals surface area contributed by atoms with Crippen molar-refractivity contribution in [1.82, 2.24) is 9.55 Å². The first-order valence-electron chi connectivity index (χ1n) is 6.06. The minimum atomic E-state index is 0.358. The van der Waals surface area contributed by atoms with Gasteiger partial charge in [-0.2, -0.15) is 0 Å². The van der Waals surface area contributed by atoms with Crippen LogP contribution in [-0.4, -0.2) is 9.55 Å². The topological polar surface area (TPSA) is 43.8 Å². The summed E-state index contributed by atoms with van der Waals surface area (Å²) in [5.74, 6) is 1.39. The zero-order valence-electron chi connectivity index (χ0n) is 10.9. The summed E-state index contributed by atoms with van der Waals surface area (Å²) in [6.45, 7) is 4.72. The van der Waals surface area contributed by atoms with Gasteiger partial charge in [0.25, 0.3) is 0 Å². The second-order valence-electron chi connectivity index (χ2n) is 4.71. The summed E-state index contributed by atoms with van der Waals surface area (Å²) in [7, 11) is 1.90. The number of hydrogen-bond donors (Lipinski definition) is 1. The molecule has 0 saturated heterocycles. The van der Waals surface area contributed by atoms with Crippen molar-refractivity contribution in [2.75, 3.05) is 0 Å². The lowest BCUT2D eigenvalue weighted by atomic mass is 10.0. The van der Waals surface area contributed by atoms with Crippen LogP contribution in [0.2, 0.25) is 5.15 Å². The molecule has 0 atom stereocenters. The van der Waals surface area contributed by atoms with Crippen molar-refractivity contribution in [2.24, 2.45) is 12.8 Å². The highest BCUT2D eigenvalue weighted by Gasteiger charge is 2.13. The molecule has 1 aromatic heterocycles. The summed E-state index contributed by atoms with van der Waals surface area (Å²) < 4.78 is 1.87. The minimum Gasteiger partial charge on any atom is -0.325 e. The largest absolute Gasteiger partial charge is 0.325 e. The van der Waals surface area contributed by atoms with Crippen LogP contribution in [0.5, 0.6) is 0 Å². The van der Waals surface area contributed by atoms with Gasteiger partial charge in [0.05, 0.1) is 5.69 Å². The molecule has 18 heavy (non-hydrogen) atoms. The lowest BCUT2D eigenvalue weighted by Crippen LogP contribution is -1.97. The quantitative estimate of drug-likeness (QED) is 0.923. The molecule has 0 amide bonds. The van der Waals surface area contributed by atoms with Crippen molar-refractivity contribution in [1.29, 1.82) is 0 Å². The average molecular weight is 264 g/mol. The lowest BCUT2D eigenvalue weighted by molar-refractivity contribution is 0.866. The standard InChI is InChI=1S/C14H18ClN3/c1-9(2)10-4-6-11(7-5-10)14-17-12(8-16)13(15)18(14)3/h4-7,9H,8,16H2,1-3H3. The van der Waals surface area contributed by atoms with Gasteiger partial charge in [0.1, 0.15) is 11.0 Å². The van der Waals surface area contributed by atoms with Crippen LogP contribution in [0.1, 0.15) is 31.0 Å². The van der Waals surface area contributed by atoms with E-state index in [9.17, 15) is 0 Å². The van der Waals surface area contributed by atoms with E-state index in [-0.39, 0.29) is 0 Å². The predicted octanol–water partition coefficient (Wildman–Crippen LogP) is 3.32. The summed E-state index contributed by atoms with van der Waals surface area (Å²) in [6, 6.07) is 8.41. The summed E-state index contributed by atoms with van der Waals surface area (Å²) in [5.41, 5.74) is 8.73. The molecule has 0 aliphatic rings. The third-order valence-electron chi connectivity index (χ3n) is 3.12. The molecule has 0 spiro atoms. The van der Waals surface area contributed by atoms with E-state index in [4.69, 9.17) is 17.3 Å². The minimum absolute atomic E-state index is 0.358. The summed E-state index contributed by atoms with van der Waals surface area (Å²) >= 11 is 6.17. The highest BCUT2D eigenvalue weighted by Crippen LogP contribution is 2.26. The SMILES string of the molecule is CC(C)c1ccc(-c2nc(CN)c(Cl)n2C)cc1. The second kappa shape index (κ2) is 5.12. The zero-order valence-corrected chi connectivity index (χ0v) is 11.7. The van der Waals surface area contributed by atoms with Gasteiger partial charge in [0.15, 0.2) is 0 Å². The van der Waals surface area contributed by atoms with E-state index in [1.165, 1.54) is 5.56 Å². The van der Waals surface area contributed by atoms with Crippen molar-refractivity contribution in [2.45, 2.75) is 26.3 Å². The Morgan fingerprint density at radius 2 is 1.89 bits per heavy atom. The molecule has 1 aromatic carbocycles. The van der Waals surface area contributed by atoms with Crippen LogP contribution in [0.25, 0.3) is 11.4 Å². The molecular weight excluding hydrogens is 246 g/mol. The van der Waals surface area contributed by atoms with Gasteiger partial charge < -0.3 is 10.3 Å². The molecule has 0 aliphatic carbocycles. The first-order chi connectivity index (χ1) is 8.54. The molecular formula is C14H18ClN3. The Kier molecular flexibility index (Phi) is 3.73. The predicted molar refractivity (Wildman–Crippen MR) is 75.6 cm³/mol. The Bertz CT molecular complexity index is 541. The molecule has 2 N–H and O–H groups in total. The first kappa shape index (κ1) is 13.1. The number of imidazole rings is 1. The number of benzene rings is 1. The smallest absolute Gasteiger partial charge is 0.141 e. The fourth-order valence-corrected chi connectivity index (χ4v) is 2.14. The van der Waals surface area contributed by atoms with Gasteiger partial charge in [-0.3, -0.25) is 0 Å². The maximum absolute atomic E-state index is 6.17. The Morgan fingerprint density at radius 1 is 1.28 bits per heavy atom. The Hall–Kier alpha value is -1.32. The maximum atomic E-state index is 6.17. The van der Waals surface area contributed by atoms with Crippen molar-refractivity contribution in [3.63, 3.8) is 0 Å². The molecule has 4 heteroatoms. The fraction of sp³-hybridized carbons (Fsp3) is 0.357. The number of hydrogen-bond acceptors (Lipinski definition) is 2. The highest BCUT2D eigenvalue weighted by atomic mass is 35.5. The molecule has 3 nitrogen and oxygen atoms in total. The molecule has 0 saturated carbocycles. The van der Waals surface area contributed by atoms with E-state index >= 15 is 0 Å². The number of nitrogens with two attached hydrogens (primary N) is 1. The van der Waals surface area contributed by atoms with Crippen molar-refractivity contribution in [3.8, 4) is 11.4 Å². The molecule has 2 rings (SSSR count). The van der Waals surface area contributed by atoms with Gasteiger partial charge in [-0.25, -0.2) is 4.98 Å². The van der Waals surface area contributed by atoms with Crippen molar-refractivity contribution in [3.05, 3.63) is 40.7 Å². The van der Waals surface area contributed by atoms with Gasteiger partial charge >= 0.3 is 0 Å². The van der Waals surface area contributed by atoms with E-state index in [0.29, 0.717) is 17.6 Å². The Balaban J connectivity index is 2.42. The van der Waals surface area contributed by atoms with Crippen LogP contribution in [0, 0.1) is 0 Å². The van der Waals surface area contributed by atoms with E-state index < -0.39 is 0 Å². The maximum Gasteiger partial charge on any atom is 0.141 e. The van der Waals surface area contributed by atoms with Crippen LogP contribution >= 0.6 is 11.6 Å². The molecule has 96 valence electrons. The number of nitrogens with zero attached hydrogens (tertiary/aromatic N) is 2. The third kappa shape index (κ3) is 2.28. The van der Waals surface area contributed by atoms with E-state index in [0.717, 1.165) is 17.1 Å². The monoisotopic (exact) mass is 263 g/mol. The van der Waals surface area contributed by atoms with Crippen molar-refractivity contribution < 1.29 is 0 Å². The van der Waals surface area contributed by atoms with Gasteiger partial charge in [0.2, 0.25) is 0 Å². The van der Waals surface area contributed by atoms with Crippen LogP contribution in [0.15, 0.2) is 24.3 Å². The van der Waals surface area contributed by atoms with Crippen LogP contribution < -0.4 is 5.73 Å². The number of aromatic nitrogens is 2. The summed E-state index contributed by atoms with van der Waals surface area (Å²) in [5, 5.41) is 0.612. The van der Waals surface area contributed by atoms with E-state index in [1.807, 2.05) is 11.6 Å². The van der Waals surface area contributed by atoms with Crippen molar-refractivity contribution >= 4 is 11.6 Å². The van der Waals surface area contributed by atoms with E-state index in [2.05, 4.69) is 43.1 Å². The molecule has 2 aromatic rings. The summed E-state index contributed by atoms with van der Waals surface area (Å²) in [6.07, 6.45) is 0. The second-order valence-corrected chi connectivity index (χ2v) is 5.07. The van der Waals surface area contributed by atoms with E-state index in [1.54, 1.807) is 0 Å². The molecule has 0 radical (unpaired) electrons. The highest BCUT2D eigenvalue weighted by molar-refractivity contribution is 6.30. The number of halogens is 1. The normalized spacial score (nSPS) is 11.2. The van der Waals surface area contributed by atoms with Gasteiger partial charge in [0, 0.05) is 19.2 Å².